The van der Waals surface area contributed by atoms with Gasteiger partial charge in [0.25, 0.3) is 5.91 Å². The molecule has 1 aromatic heterocycles. The lowest BCUT2D eigenvalue weighted by Crippen LogP contribution is -2.46. The van der Waals surface area contributed by atoms with E-state index in [-0.39, 0.29) is 24.3 Å². The molecule has 1 saturated heterocycles. The second kappa shape index (κ2) is 9.53. The Bertz CT molecular complexity index is 921. The number of furan rings is 1. The second-order valence-electron chi connectivity index (χ2n) is 7.88. The molecule has 2 aliphatic heterocycles. The van der Waals surface area contributed by atoms with E-state index in [1.54, 1.807) is 11.8 Å². The third-order valence-electron chi connectivity index (χ3n) is 5.70. The van der Waals surface area contributed by atoms with Crippen LogP contribution in [0.2, 0.25) is 0 Å². The number of rotatable bonds is 7. The Labute approximate surface area is 182 Å². The van der Waals surface area contributed by atoms with E-state index in [1.807, 2.05) is 43.3 Å². The lowest BCUT2D eigenvalue weighted by molar-refractivity contribution is -0.125. The average molecular weight is 428 g/mol. The number of amides is 2. The van der Waals surface area contributed by atoms with E-state index in [0.29, 0.717) is 37.7 Å². The zero-order valence-corrected chi connectivity index (χ0v) is 18.0. The summed E-state index contributed by atoms with van der Waals surface area (Å²) in [5.41, 5.74) is 0.704. The van der Waals surface area contributed by atoms with Crippen LogP contribution in [0.3, 0.4) is 0 Å². The van der Waals surface area contributed by atoms with E-state index in [4.69, 9.17) is 13.9 Å². The van der Waals surface area contributed by atoms with E-state index in [0.717, 1.165) is 24.6 Å². The molecule has 2 aliphatic rings. The molecule has 166 valence electrons. The molecule has 1 N–H and O–H groups in total. The van der Waals surface area contributed by atoms with Gasteiger partial charge in [-0.1, -0.05) is 12.1 Å². The lowest BCUT2D eigenvalue weighted by atomic mass is 10.1. The molecular weight excluding hydrogens is 398 g/mol. The number of carbonyl (C=O) groups is 2. The number of hydrogen-bond acceptors (Lipinski definition) is 6. The van der Waals surface area contributed by atoms with Crippen molar-refractivity contribution in [3.05, 3.63) is 47.9 Å². The SMILES string of the molecule is Cc1ccc([C@H](CNC(=O)CCN2C(=O)[C@@H](C)Oc3ccccc32)N2CCOCC2)o1. The van der Waals surface area contributed by atoms with Crippen LogP contribution >= 0.6 is 0 Å². The van der Waals surface area contributed by atoms with Crippen molar-refractivity contribution in [2.45, 2.75) is 32.4 Å². The fourth-order valence-corrected chi connectivity index (χ4v) is 4.03. The molecule has 8 nitrogen and oxygen atoms in total. The maximum absolute atomic E-state index is 12.7. The highest BCUT2D eigenvalue weighted by Crippen LogP contribution is 2.33. The van der Waals surface area contributed by atoms with Crippen molar-refractivity contribution in [3.63, 3.8) is 0 Å². The number of carbonyl (C=O) groups excluding carboxylic acids is 2. The number of nitrogens with zero attached hydrogens (tertiary/aromatic N) is 2. The summed E-state index contributed by atoms with van der Waals surface area (Å²) < 4.78 is 17.0. The normalized spacial score (nSPS) is 20.1. The minimum absolute atomic E-state index is 0.0488. The molecule has 0 bridgehead atoms. The van der Waals surface area contributed by atoms with Crippen LogP contribution in [-0.4, -0.2) is 62.2 Å². The zero-order chi connectivity index (χ0) is 21.8. The molecule has 8 heteroatoms. The average Bonchev–Trinajstić information content (AvgIpc) is 3.21. The van der Waals surface area contributed by atoms with Crippen LogP contribution in [0.25, 0.3) is 0 Å². The number of anilines is 1. The summed E-state index contributed by atoms with van der Waals surface area (Å²) in [6.07, 6.45) is -0.356. The third-order valence-corrected chi connectivity index (χ3v) is 5.70. The van der Waals surface area contributed by atoms with Gasteiger partial charge >= 0.3 is 0 Å². The number of hydrogen-bond donors (Lipinski definition) is 1. The first-order valence-electron chi connectivity index (χ1n) is 10.7. The standard InChI is InChI=1S/C23H29N3O5/c1-16-7-8-21(30-16)19(25-11-13-29-14-12-25)15-24-22(27)9-10-26-18-5-3-4-6-20(18)31-17(2)23(26)28/h3-8,17,19H,9-15H2,1-2H3,(H,24,27)/t17-,19+/m1/s1. The molecule has 4 rings (SSSR count). The molecule has 31 heavy (non-hydrogen) atoms. The number of para-hydroxylation sites is 2. The van der Waals surface area contributed by atoms with Crippen molar-refractivity contribution < 1.29 is 23.5 Å². The summed E-state index contributed by atoms with van der Waals surface area (Å²) in [7, 11) is 0. The largest absolute Gasteiger partial charge is 0.479 e. The van der Waals surface area contributed by atoms with Crippen molar-refractivity contribution in [1.29, 1.82) is 0 Å². The van der Waals surface area contributed by atoms with Crippen molar-refractivity contribution in [2.24, 2.45) is 0 Å². The van der Waals surface area contributed by atoms with Crippen LogP contribution in [0.1, 0.15) is 30.9 Å². The molecule has 2 aromatic rings. The van der Waals surface area contributed by atoms with Gasteiger partial charge in [0.2, 0.25) is 5.91 Å². The second-order valence-corrected chi connectivity index (χ2v) is 7.88. The van der Waals surface area contributed by atoms with Crippen LogP contribution < -0.4 is 15.0 Å². The number of aryl methyl sites for hydroxylation is 1. The summed E-state index contributed by atoms with van der Waals surface area (Å²) >= 11 is 0. The van der Waals surface area contributed by atoms with Gasteiger partial charge in [-0.3, -0.25) is 14.5 Å². The first-order chi connectivity index (χ1) is 15.0. The van der Waals surface area contributed by atoms with Crippen molar-refractivity contribution in [1.82, 2.24) is 10.2 Å². The van der Waals surface area contributed by atoms with Gasteiger partial charge in [-0.15, -0.1) is 0 Å². The van der Waals surface area contributed by atoms with Crippen molar-refractivity contribution >= 4 is 17.5 Å². The Morgan fingerprint density at radius 1 is 1.19 bits per heavy atom. The fraction of sp³-hybridized carbons (Fsp3) is 0.478. The molecule has 1 fully saturated rings. The van der Waals surface area contributed by atoms with Crippen LogP contribution in [-0.2, 0) is 14.3 Å². The highest BCUT2D eigenvalue weighted by atomic mass is 16.5. The predicted molar refractivity (Wildman–Crippen MR) is 115 cm³/mol. The van der Waals surface area contributed by atoms with Crippen molar-refractivity contribution in [2.75, 3.05) is 44.3 Å². The summed E-state index contributed by atoms with van der Waals surface area (Å²) in [6.45, 7) is 7.30. The monoisotopic (exact) mass is 427 g/mol. The smallest absolute Gasteiger partial charge is 0.267 e. The molecule has 0 spiro atoms. The quantitative estimate of drug-likeness (QED) is 0.730. The highest BCUT2D eigenvalue weighted by molar-refractivity contribution is 6.00. The van der Waals surface area contributed by atoms with Gasteiger partial charge in [0.05, 0.1) is 24.9 Å². The van der Waals surface area contributed by atoms with Gasteiger partial charge in [-0.05, 0) is 38.1 Å². The van der Waals surface area contributed by atoms with E-state index < -0.39 is 6.10 Å². The number of benzene rings is 1. The Hall–Kier alpha value is -2.84. The van der Waals surface area contributed by atoms with Gasteiger partial charge in [0.15, 0.2) is 6.10 Å². The van der Waals surface area contributed by atoms with Crippen LogP contribution in [0, 0.1) is 6.92 Å². The van der Waals surface area contributed by atoms with Crippen molar-refractivity contribution in [3.8, 4) is 5.75 Å². The topological polar surface area (TPSA) is 84.2 Å². The number of ether oxygens (including phenoxy) is 2. The molecule has 1 aromatic carbocycles. The number of morpholine rings is 1. The minimum Gasteiger partial charge on any atom is -0.479 e. The van der Waals surface area contributed by atoms with E-state index in [2.05, 4.69) is 10.2 Å². The van der Waals surface area contributed by atoms with Gasteiger partial charge < -0.3 is 24.1 Å². The number of fused-ring (bicyclic) bond motifs is 1. The van der Waals surface area contributed by atoms with E-state index >= 15 is 0 Å². The van der Waals surface area contributed by atoms with Crippen LogP contribution in [0.5, 0.6) is 5.75 Å². The van der Waals surface area contributed by atoms with Crippen LogP contribution in [0.15, 0.2) is 40.8 Å². The third kappa shape index (κ3) is 4.91. The molecule has 0 aliphatic carbocycles. The van der Waals surface area contributed by atoms with Gasteiger partial charge in [-0.25, -0.2) is 0 Å². The van der Waals surface area contributed by atoms with Crippen LogP contribution in [0.4, 0.5) is 5.69 Å². The molecule has 2 amide bonds. The maximum atomic E-state index is 12.7. The maximum Gasteiger partial charge on any atom is 0.267 e. The highest BCUT2D eigenvalue weighted by Gasteiger charge is 2.31. The summed E-state index contributed by atoms with van der Waals surface area (Å²) in [5.74, 6) is 2.11. The Morgan fingerprint density at radius 3 is 2.71 bits per heavy atom. The van der Waals surface area contributed by atoms with E-state index in [1.165, 1.54) is 0 Å². The fourth-order valence-electron chi connectivity index (χ4n) is 4.03. The molecule has 0 saturated carbocycles. The molecule has 0 unspecified atom stereocenters. The zero-order valence-electron chi connectivity index (χ0n) is 18.0. The molecule has 2 atom stereocenters. The van der Waals surface area contributed by atoms with Gasteiger partial charge in [0.1, 0.15) is 17.3 Å². The number of nitrogens with one attached hydrogen (secondary N) is 1. The predicted octanol–water partition coefficient (Wildman–Crippen LogP) is 2.28. The summed E-state index contributed by atoms with van der Waals surface area (Å²) in [6, 6.07) is 11.3. The summed E-state index contributed by atoms with van der Waals surface area (Å²) in [4.78, 5) is 29.2. The summed E-state index contributed by atoms with van der Waals surface area (Å²) in [5, 5.41) is 3.03. The van der Waals surface area contributed by atoms with Gasteiger partial charge in [0, 0.05) is 32.6 Å². The van der Waals surface area contributed by atoms with E-state index in [9.17, 15) is 9.59 Å². The first-order valence-corrected chi connectivity index (χ1v) is 10.7. The molecule has 0 radical (unpaired) electrons. The minimum atomic E-state index is -0.564. The Morgan fingerprint density at radius 2 is 1.97 bits per heavy atom. The van der Waals surface area contributed by atoms with Gasteiger partial charge in [-0.2, -0.15) is 0 Å². The molecule has 3 heterocycles. The Balaban J connectivity index is 1.37. The lowest BCUT2D eigenvalue weighted by Gasteiger charge is -2.34. The molecular formula is C23H29N3O5. The Kier molecular flexibility index (Phi) is 6.58. The first kappa shape index (κ1) is 21.4.